The second kappa shape index (κ2) is 8.94. The summed E-state index contributed by atoms with van der Waals surface area (Å²) in [5.74, 6) is 0. The summed E-state index contributed by atoms with van der Waals surface area (Å²) in [5.41, 5.74) is 1.53. The Balaban J connectivity index is 0.00000242. The van der Waals surface area contributed by atoms with Gasteiger partial charge in [0.25, 0.3) is 0 Å². The molecule has 2 aromatic carbocycles. The summed E-state index contributed by atoms with van der Waals surface area (Å²) < 4.78 is 0. The summed E-state index contributed by atoms with van der Waals surface area (Å²) in [6.45, 7) is 0.875. The van der Waals surface area contributed by atoms with Gasteiger partial charge in [0.2, 0.25) is 0 Å². The van der Waals surface area contributed by atoms with E-state index in [1.54, 1.807) is 0 Å². The lowest BCUT2D eigenvalue weighted by atomic mass is 9.85. The van der Waals surface area contributed by atoms with Gasteiger partial charge >= 0.3 is 0 Å². The van der Waals surface area contributed by atoms with Crippen molar-refractivity contribution in [3.8, 4) is 0 Å². The average molecular weight is 320 g/mol. The van der Waals surface area contributed by atoms with Gasteiger partial charge in [0, 0.05) is 6.54 Å². The highest BCUT2D eigenvalue weighted by atomic mass is 35.5. The molecule has 0 fully saturated rings. The van der Waals surface area contributed by atoms with Crippen LogP contribution in [0.2, 0.25) is 0 Å². The number of hydrogen-bond acceptors (Lipinski definition) is 2. The third kappa shape index (κ3) is 5.45. The highest BCUT2D eigenvalue weighted by Gasteiger charge is 2.28. The van der Waals surface area contributed by atoms with Crippen LogP contribution >= 0.6 is 12.4 Å². The van der Waals surface area contributed by atoms with E-state index in [2.05, 4.69) is 29.2 Å². The summed E-state index contributed by atoms with van der Waals surface area (Å²) >= 11 is 0. The Morgan fingerprint density at radius 1 is 0.864 bits per heavy atom. The maximum atomic E-state index is 11.2. The number of halogens is 1. The zero-order valence-corrected chi connectivity index (χ0v) is 14.2. The van der Waals surface area contributed by atoms with E-state index in [9.17, 15) is 5.11 Å². The van der Waals surface area contributed by atoms with Crippen LogP contribution in [0.5, 0.6) is 0 Å². The molecule has 1 unspecified atom stereocenters. The highest BCUT2D eigenvalue weighted by Crippen LogP contribution is 2.30. The second-order valence-electron chi connectivity index (χ2n) is 5.94. The first kappa shape index (κ1) is 18.7. The number of benzene rings is 2. The maximum absolute atomic E-state index is 11.2. The highest BCUT2D eigenvalue weighted by molar-refractivity contribution is 5.85. The van der Waals surface area contributed by atoms with Crippen molar-refractivity contribution in [1.29, 1.82) is 0 Å². The molecule has 0 aliphatic heterocycles. The van der Waals surface area contributed by atoms with Crippen LogP contribution in [0, 0.1) is 0 Å². The number of rotatable bonds is 7. The van der Waals surface area contributed by atoms with E-state index >= 15 is 0 Å². The van der Waals surface area contributed by atoms with E-state index in [1.807, 2.05) is 50.5 Å². The molecule has 2 rings (SSSR count). The minimum Gasteiger partial charge on any atom is -0.385 e. The zero-order valence-electron chi connectivity index (χ0n) is 13.4. The molecule has 1 N–H and O–H groups in total. The van der Waals surface area contributed by atoms with Gasteiger partial charge in [0.05, 0.1) is 5.60 Å². The van der Waals surface area contributed by atoms with Crippen molar-refractivity contribution in [2.24, 2.45) is 0 Å². The first-order valence-electron chi connectivity index (χ1n) is 7.57. The third-order valence-corrected chi connectivity index (χ3v) is 3.95. The van der Waals surface area contributed by atoms with Gasteiger partial charge in [-0.05, 0) is 44.5 Å². The van der Waals surface area contributed by atoms with Crippen LogP contribution in [0.15, 0.2) is 60.7 Å². The van der Waals surface area contributed by atoms with Crippen molar-refractivity contribution in [2.45, 2.75) is 24.9 Å². The fraction of sp³-hybridized carbons (Fsp3) is 0.368. The molecule has 0 amide bonds. The van der Waals surface area contributed by atoms with Crippen molar-refractivity contribution in [3.63, 3.8) is 0 Å². The van der Waals surface area contributed by atoms with E-state index in [-0.39, 0.29) is 12.4 Å². The number of aliphatic hydroxyl groups is 1. The van der Waals surface area contributed by atoms with Crippen LogP contribution in [0.4, 0.5) is 0 Å². The summed E-state index contributed by atoms with van der Waals surface area (Å²) in [5, 5.41) is 11.2. The third-order valence-electron chi connectivity index (χ3n) is 3.95. The van der Waals surface area contributed by atoms with Crippen molar-refractivity contribution in [3.05, 3.63) is 71.8 Å². The van der Waals surface area contributed by atoms with Gasteiger partial charge < -0.3 is 10.0 Å². The minimum atomic E-state index is -0.763. The standard InChI is InChI=1S/C19H25NO.ClH/c1-20(2)16-15-19(21,18-11-7-4-8-12-18)14-13-17-9-5-3-6-10-17;/h3-12,21H,13-16H2,1-2H3;1H. The SMILES string of the molecule is CN(C)CCC(O)(CCc1ccccc1)c1ccccc1.Cl. The Labute approximate surface area is 140 Å². The molecule has 0 radical (unpaired) electrons. The first-order chi connectivity index (χ1) is 10.1. The predicted molar refractivity (Wildman–Crippen MR) is 95.5 cm³/mol. The molecule has 120 valence electrons. The number of aryl methyl sites for hydroxylation is 1. The van der Waals surface area contributed by atoms with Crippen molar-refractivity contribution in [2.75, 3.05) is 20.6 Å². The Kier molecular flexibility index (Phi) is 7.60. The van der Waals surface area contributed by atoms with Crippen LogP contribution in [0.25, 0.3) is 0 Å². The molecule has 0 spiro atoms. The molecular formula is C19H26ClNO. The quantitative estimate of drug-likeness (QED) is 0.837. The Bertz CT molecular complexity index is 530. The molecule has 3 heteroatoms. The molecule has 1 atom stereocenters. The first-order valence-corrected chi connectivity index (χ1v) is 7.57. The lowest BCUT2D eigenvalue weighted by Gasteiger charge is -2.30. The number of hydrogen-bond donors (Lipinski definition) is 1. The fourth-order valence-electron chi connectivity index (χ4n) is 2.57. The van der Waals surface area contributed by atoms with Crippen molar-refractivity contribution in [1.82, 2.24) is 4.90 Å². The fourth-order valence-corrected chi connectivity index (χ4v) is 2.57. The molecule has 0 aliphatic rings. The monoisotopic (exact) mass is 319 g/mol. The molecular weight excluding hydrogens is 294 g/mol. The maximum Gasteiger partial charge on any atom is 0.0911 e. The largest absolute Gasteiger partial charge is 0.385 e. The zero-order chi connectivity index (χ0) is 15.1. The molecule has 0 heterocycles. The van der Waals surface area contributed by atoms with Gasteiger partial charge in [-0.3, -0.25) is 0 Å². The van der Waals surface area contributed by atoms with Crippen LogP contribution in [0.1, 0.15) is 24.0 Å². The molecule has 0 bridgehead atoms. The van der Waals surface area contributed by atoms with Gasteiger partial charge in [0.15, 0.2) is 0 Å². The average Bonchev–Trinajstić information content (AvgIpc) is 2.53. The van der Waals surface area contributed by atoms with Crippen LogP contribution in [-0.2, 0) is 12.0 Å². The molecule has 22 heavy (non-hydrogen) atoms. The minimum absolute atomic E-state index is 0. The van der Waals surface area contributed by atoms with Gasteiger partial charge in [-0.15, -0.1) is 12.4 Å². The van der Waals surface area contributed by atoms with Gasteiger partial charge in [-0.1, -0.05) is 60.7 Å². The van der Waals surface area contributed by atoms with Gasteiger partial charge in [-0.2, -0.15) is 0 Å². The normalized spacial score (nSPS) is 13.5. The van der Waals surface area contributed by atoms with E-state index in [1.165, 1.54) is 5.56 Å². The lowest BCUT2D eigenvalue weighted by Crippen LogP contribution is -2.31. The lowest BCUT2D eigenvalue weighted by molar-refractivity contribution is 0.0126. The van der Waals surface area contributed by atoms with Gasteiger partial charge in [0.1, 0.15) is 0 Å². The van der Waals surface area contributed by atoms with E-state index < -0.39 is 5.60 Å². The van der Waals surface area contributed by atoms with Crippen molar-refractivity contribution < 1.29 is 5.11 Å². The summed E-state index contributed by atoms with van der Waals surface area (Å²) in [4.78, 5) is 2.12. The summed E-state index contributed by atoms with van der Waals surface area (Å²) in [7, 11) is 4.09. The van der Waals surface area contributed by atoms with Gasteiger partial charge in [-0.25, -0.2) is 0 Å². The summed E-state index contributed by atoms with van der Waals surface area (Å²) in [6.07, 6.45) is 2.38. The van der Waals surface area contributed by atoms with E-state index in [0.717, 1.165) is 31.4 Å². The molecule has 0 aliphatic carbocycles. The smallest absolute Gasteiger partial charge is 0.0911 e. The Hall–Kier alpha value is -1.35. The second-order valence-corrected chi connectivity index (χ2v) is 5.94. The summed E-state index contributed by atoms with van der Waals surface area (Å²) in [6, 6.07) is 20.4. The van der Waals surface area contributed by atoms with E-state index in [4.69, 9.17) is 0 Å². The topological polar surface area (TPSA) is 23.5 Å². The number of nitrogens with zero attached hydrogens (tertiary/aromatic N) is 1. The van der Waals surface area contributed by atoms with Crippen LogP contribution in [0.3, 0.4) is 0 Å². The van der Waals surface area contributed by atoms with Crippen LogP contribution < -0.4 is 0 Å². The molecule has 0 aromatic heterocycles. The van der Waals surface area contributed by atoms with Crippen molar-refractivity contribution >= 4 is 12.4 Å². The molecule has 2 nitrogen and oxygen atoms in total. The van der Waals surface area contributed by atoms with Crippen LogP contribution in [-0.4, -0.2) is 30.6 Å². The van der Waals surface area contributed by atoms with E-state index in [0.29, 0.717) is 0 Å². The predicted octanol–water partition coefficient (Wildman–Crippen LogP) is 3.88. The molecule has 0 saturated heterocycles. The molecule has 0 saturated carbocycles. The molecule has 2 aromatic rings. The Morgan fingerprint density at radius 2 is 1.41 bits per heavy atom. The Morgan fingerprint density at radius 3 is 1.95 bits per heavy atom.